The molecule has 2 atom stereocenters. The Balaban J connectivity index is 2.57. The smallest absolute Gasteiger partial charge is 0.227 e. The molecular formula is C12H21N3OS. The standard InChI is InChI=1S/C12H21N3OS/c1-9(2)15-12(8-13)5-3-4-10(6-12)17-7-11(14)16/h9-10,15H,3-7H2,1-2H3,(H2,14,16). The molecule has 1 amide bonds. The van der Waals surface area contributed by atoms with E-state index < -0.39 is 5.54 Å². The van der Waals surface area contributed by atoms with Crippen LogP contribution in [-0.4, -0.2) is 28.5 Å². The molecule has 0 aromatic carbocycles. The summed E-state index contributed by atoms with van der Waals surface area (Å²) in [5.41, 5.74) is 4.74. The van der Waals surface area contributed by atoms with Crippen LogP contribution in [-0.2, 0) is 4.79 Å². The van der Waals surface area contributed by atoms with Crippen LogP contribution in [0, 0.1) is 11.3 Å². The fourth-order valence-electron chi connectivity index (χ4n) is 2.38. The van der Waals surface area contributed by atoms with Crippen molar-refractivity contribution < 1.29 is 4.79 Å². The molecule has 0 spiro atoms. The van der Waals surface area contributed by atoms with Crippen molar-refractivity contribution in [3.63, 3.8) is 0 Å². The van der Waals surface area contributed by atoms with Gasteiger partial charge < -0.3 is 5.73 Å². The molecular weight excluding hydrogens is 234 g/mol. The van der Waals surface area contributed by atoms with Crippen LogP contribution in [0.1, 0.15) is 39.5 Å². The summed E-state index contributed by atoms with van der Waals surface area (Å²) in [6.07, 6.45) is 3.81. The Kier molecular flexibility index (Phi) is 5.29. The fourth-order valence-corrected chi connectivity index (χ4v) is 3.52. The Labute approximate surface area is 107 Å². The van der Waals surface area contributed by atoms with E-state index in [1.165, 1.54) is 0 Å². The Hall–Kier alpha value is -0.730. The van der Waals surface area contributed by atoms with Gasteiger partial charge in [-0.2, -0.15) is 5.26 Å². The van der Waals surface area contributed by atoms with Gasteiger partial charge in [0.2, 0.25) is 5.91 Å². The van der Waals surface area contributed by atoms with Crippen molar-refractivity contribution in [2.24, 2.45) is 5.73 Å². The minimum Gasteiger partial charge on any atom is -0.369 e. The summed E-state index contributed by atoms with van der Waals surface area (Å²) in [4.78, 5) is 10.8. The highest BCUT2D eigenvalue weighted by molar-refractivity contribution is 8.00. The summed E-state index contributed by atoms with van der Waals surface area (Å²) in [6.45, 7) is 4.11. The molecule has 3 N–H and O–H groups in total. The molecule has 0 aromatic rings. The highest BCUT2D eigenvalue weighted by Gasteiger charge is 2.37. The van der Waals surface area contributed by atoms with E-state index in [-0.39, 0.29) is 5.91 Å². The molecule has 0 saturated heterocycles. The molecule has 0 heterocycles. The van der Waals surface area contributed by atoms with Crippen molar-refractivity contribution in [3.05, 3.63) is 0 Å². The lowest BCUT2D eigenvalue weighted by atomic mass is 9.82. The van der Waals surface area contributed by atoms with Crippen molar-refractivity contribution in [1.29, 1.82) is 5.26 Å². The van der Waals surface area contributed by atoms with E-state index in [0.29, 0.717) is 17.0 Å². The molecule has 1 aliphatic carbocycles. The SMILES string of the molecule is CC(C)NC1(C#N)CCCC(SCC(N)=O)C1. The van der Waals surface area contributed by atoms with Crippen molar-refractivity contribution >= 4 is 17.7 Å². The Bertz CT molecular complexity index is 313. The minimum atomic E-state index is -0.415. The van der Waals surface area contributed by atoms with E-state index in [1.54, 1.807) is 11.8 Å². The minimum absolute atomic E-state index is 0.278. The first-order chi connectivity index (χ1) is 7.97. The summed E-state index contributed by atoms with van der Waals surface area (Å²) in [6, 6.07) is 2.73. The van der Waals surface area contributed by atoms with Crippen LogP contribution in [0.2, 0.25) is 0 Å². The Morgan fingerprint density at radius 1 is 1.71 bits per heavy atom. The number of nitrogens with zero attached hydrogens (tertiary/aromatic N) is 1. The fraction of sp³-hybridized carbons (Fsp3) is 0.833. The van der Waals surface area contributed by atoms with E-state index in [0.717, 1.165) is 25.7 Å². The average molecular weight is 255 g/mol. The number of carbonyl (C=O) groups is 1. The quantitative estimate of drug-likeness (QED) is 0.778. The van der Waals surface area contributed by atoms with Gasteiger partial charge in [-0.3, -0.25) is 10.1 Å². The third-order valence-electron chi connectivity index (χ3n) is 2.95. The molecule has 4 nitrogen and oxygen atoms in total. The summed E-state index contributed by atoms with van der Waals surface area (Å²) >= 11 is 1.58. The van der Waals surface area contributed by atoms with Crippen LogP contribution in [0.3, 0.4) is 0 Å². The van der Waals surface area contributed by atoms with Gasteiger partial charge in [0.05, 0.1) is 11.8 Å². The second kappa shape index (κ2) is 6.27. The monoisotopic (exact) mass is 255 g/mol. The van der Waals surface area contributed by atoms with Crippen LogP contribution in [0.15, 0.2) is 0 Å². The highest BCUT2D eigenvalue weighted by atomic mass is 32.2. The lowest BCUT2D eigenvalue weighted by molar-refractivity contribution is -0.115. The molecule has 0 bridgehead atoms. The second-order valence-corrected chi connectivity index (χ2v) is 6.28. The van der Waals surface area contributed by atoms with E-state index in [2.05, 4.69) is 25.2 Å². The summed E-state index contributed by atoms with van der Waals surface area (Å²) in [5, 5.41) is 13.1. The van der Waals surface area contributed by atoms with Crippen LogP contribution in [0.5, 0.6) is 0 Å². The van der Waals surface area contributed by atoms with Gasteiger partial charge >= 0.3 is 0 Å². The van der Waals surface area contributed by atoms with E-state index >= 15 is 0 Å². The van der Waals surface area contributed by atoms with E-state index in [4.69, 9.17) is 5.73 Å². The zero-order valence-corrected chi connectivity index (χ0v) is 11.3. The maximum atomic E-state index is 10.8. The van der Waals surface area contributed by atoms with Gasteiger partial charge in [0.15, 0.2) is 0 Å². The topological polar surface area (TPSA) is 78.9 Å². The normalized spacial score (nSPS) is 28.9. The van der Waals surface area contributed by atoms with Crippen molar-refractivity contribution in [1.82, 2.24) is 5.32 Å². The molecule has 1 fully saturated rings. The third kappa shape index (κ3) is 4.57. The maximum absolute atomic E-state index is 10.8. The number of nitriles is 1. The van der Waals surface area contributed by atoms with E-state index in [1.807, 2.05) is 0 Å². The van der Waals surface area contributed by atoms with Crippen LogP contribution in [0.4, 0.5) is 0 Å². The second-order valence-electron chi connectivity index (χ2n) is 4.99. The number of primary amides is 1. The molecule has 1 aliphatic rings. The molecule has 1 saturated carbocycles. The molecule has 0 aliphatic heterocycles. The first kappa shape index (κ1) is 14.3. The number of nitrogens with one attached hydrogen (secondary N) is 1. The van der Waals surface area contributed by atoms with Crippen molar-refractivity contribution in [2.45, 2.75) is 56.4 Å². The average Bonchev–Trinajstić information content (AvgIpc) is 2.26. The summed E-state index contributed by atoms with van der Waals surface area (Å²) in [7, 11) is 0. The number of hydrogen-bond donors (Lipinski definition) is 2. The van der Waals surface area contributed by atoms with Gasteiger partial charge in [-0.05, 0) is 39.5 Å². The van der Waals surface area contributed by atoms with Crippen LogP contribution in [0.25, 0.3) is 0 Å². The summed E-state index contributed by atoms with van der Waals surface area (Å²) < 4.78 is 0. The number of nitrogens with two attached hydrogens (primary N) is 1. The lowest BCUT2D eigenvalue weighted by Crippen LogP contribution is -2.51. The first-order valence-electron chi connectivity index (χ1n) is 6.06. The molecule has 1 rings (SSSR count). The lowest BCUT2D eigenvalue weighted by Gasteiger charge is -2.37. The number of thioether (sulfide) groups is 1. The molecule has 96 valence electrons. The van der Waals surface area contributed by atoms with E-state index in [9.17, 15) is 10.1 Å². The largest absolute Gasteiger partial charge is 0.369 e. The van der Waals surface area contributed by atoms with Gasteiger partial charge in [-0.25, -0.2) is 0 Å². The van der Waals surface area contributed by atoms with Gasteiger partial charge in [-0.1, -0.05) is 0 Å². The molecule has 0 radical (unpaired) electrons. The predicted molar refractivity (Wildman–Crippen MR) is 70.5 cm³/mol. The molecule has 2 unspecified atom stereocenters. The summed E-state index contributed by atoms with van der Waals surface area (Å²) in [5.74, 6) is 0.0772. The van der Waals surface area contributed by atoms with Gasteiger partial charge in [-0.15, -0.1) is 11.8 Å². The van der Waals surface area contributed by atoms with Crippen molar-refractivity contribution in [3.8, 4) is 6.07 Å². The number of amides is 1. The van der Waals surface area contributed by atoms with Gasteiger partial charge in [0.25, 0.3) is 0 Å². The van der Waals surface area contributed by atoms with Crippen LogP contribution >= 0.6 is 11.8 Å². The third-order valence-corrected chi connectivity index (χ3v) is 4.27. The van der Waals surface area contributed by atoms with Crippen LogP contribution < -0.4 is 11.1 Å². The zero-order chi connectivity index (χ0) is 12.9. The number of rotatable bonds is 5. The Morgan fingerprint density at radius 3 is 2.94 bits per heavy atom. The first-order valence-corrected chi connectivity index (χ1v) is 7.11. The molecule has 0 aromatic heterocycles. The molecule has 17 heavy (non-hydrogen) atoms. The van der Waals surface area contributed by atoms with Crippen molar-refractivity contribution in [2.75, 3.05) is 5.75 Å². The van der Waals surface area contributed by atoms with Gasteiger partial charge in [0, 0.05) is 11.3 Å². The predicted octanol–water partition coefficient (Wildman–Crippen LogP) is 1.41. The van der Waals surface area contributed by atoms with Gasteiger partial charge in [0.1, 0.15) is 5.54 Å². The highest BCUT2D eigenvalue weighted by Crippen LogP contribution is 2.34. The number of carbonyl (C=O) groups excluding carboxylic acids is 1. The zero-order valence-electron chi connectivity index (χ0n) is 10.5. The number of hydrogen-bond acceptors (Lipinski definition) is 4. The Morgan fingerprint density at radius 2 is 2.41 bits per heavy atom. The maximum Gasteiger partial charge on any atom is 0.227 e. The molecule has 5 heteroatoms.